The number of methoxy groups -OCH3 is 1. The van der Waals surface area contributed by atoms with Crippen LogP contribution in [-0.2, 0) is 14.9 Å². The largest absolute Gasteiger partial charge is 0.483 e. The monoisotopic (exact) mass is 308 g/mol. The number of nitrogens with one attached hydrogen (secondary N) is 2. The summed E-state index contributed by atoms with van der Waals surface area (Å²) in [5.41, 5.74) is 1.09. The second kappa shape index (κ2) is 9.43. The standard InChI is InChI=1S/C17H28N2O3/c1-17(2,3)14-7-5-6-8-15(14)22-13-16(20)19-10-9-18-11-12-21-4/h5-8,18H,9-13H2,1-4H3,(H,19,20). The zero-order chi connectivity index (χ0) is 16.4. The molecule has 124 valence electrons. The van der Waals surface area contributed by atoms with Gasteiger partial charge in [0.05, 0.1) is 6.61 Å². The van der Waals surface area contributed by atoms with E-state index in [2.05, 4.69) is 31.4 Å². The maximum Gasteiger partial charge on any atom is 0.257 e. The molecule has 0 aliphatic carbocycles. The van der Waals surface area contributed by atoms with Crippen molar-refractivity contribution in [3.63, 3.8) is 0 Å². The van der Waals surface area contributed by atoms with E-state index in [1.165, 1.54) is 0 Å². The van der Waals surface area contributed by atoms with Crippen LogP contribution in [0.15, 0.2) is 24.3 Å². The first-order valence-corrected chi connectivity index (χ1v) is 7.64. The molecule has 0 fully saturated rings. The molecule has 0 aromatic heterocycles. The van der Waals surface area contributed by atoms with Gasteiger partial charge in [-0.3, -0.25) is 4.79 Å². The average Bonchev–Trinajstić information content (AvgIpc) is 2.48. The lowest BCUT2D eigenvalue weighted by Gasteiger charge is -2.22. The van der Waals surface area contributed by atoms with Crippen LogP contribution in [0, 0.1) is 0 Å². The van der Waals surface area contributed by atoms with E-state index in [1.807, 2.05) is 24.3 Å². The van der Waals surface area contributed by atoms with Gasteiger partial charge in [0.25, 0.3) is 5.91 Å². The highest BCUT2D eigenvalue weighted by molar-refractivity contribution is 5.77. The number of hydrogen-bond donors (Lipinski definition) is 2. The summed E-state index contributed by atoms with van der Waals surface area (Å²) >= 11 is 0. The molecule has 2 N–H and O–H groups in total. The first kappa shape index (κ1) is 18.5. The molecule has 0 spiro atoms. The maximum atomic E-state index is 11.8. The van der Waals surface area contributed by atoms with Gasteiger partial charge in [0.2, 0.25) is 0 Å². The van der Waals surface area contributed by atoms with Gasteiger partial charge >= 0.3 is 0 Å². The van der Waals surface area contributed by atoms with Crippen LogP contribution >= 0.6 is 0 Å². The maximum absolute atomic E-state index is 11.8. The minimum atomic E-state index is -0.114. The zero-order valence-corrected chi connectivity index (χ0v) is 14.1. The van der Waals surface area contributed by atoms with Gasteiger partial charge in [0.1, 0.15) is 5.75 Å². The highest BCUT2D eigenvalue weighted by Gasteiger charge is 2.18. The Bertz CT molecular complexity index is 455. The Morgan fingerprint density at radius 3 is 2.55 bits per heavy atom. The van der Waals surface area contributed by atoms with Crippen molar-refractivity contribution in [2.45, 2.75) is 26.2 Å². The normalized spacial score (nSPS) is 11.3. The quantitative estimate of drug-likeness (QED) is 0.682. The summed E-state index contributed by atoms with van der Waals surface area (Å²) in [6.45, 7) is 9.15. The van der Waals surface area contributed by atoms with Gasteiger partial charge < -0.3 is 20.1 Å². The van der Waals surface area contributed by atoms with E-state index in [4.69, 9.17) is 9.47 Å². The van der Waals surface area contributed by atoms with Gasteiger partial charge in [-0.15, -0.1) is 0 Å². The second-order valence-electron chi connectivity index (χ2n) is 6.13. The van der Waals surface area contributed by atoms with Crippen LogP contribution in [0.1, 0.15) is 26.3 Å². The average molecular weight is 308 g/mol. The predicted molar refractivity (Wildman–Crippen MR) is 88.4 cm³/mol. The summed E-state index contributed by atoms with van der Waals surface area (Å²) in [7, 11) is 1.66. The summed E-state index contributed by atoms with van der Waals surface area (Å²) in [4.78, 5) is 11.8. The van der Waals surface area contributed by atoms with Crippen molar-refractivity contribution in [3.05, 3.63) is 29.8 Å². The summed E-state index contributed by atoms with van der Waals surface area (Å²) in [6, 6.07) is 7.84. The molecule has 5 nitrogen and oxygen atoms in total. The smallest absolute Gasteiger partial charge is 0.257 e. The van der Waals surface area contributed by atoms with Crippen LogP contribution in [0.3, 0.4) is 0 Å². The zero-order valence-electron chi connectivity index (χ0n) is 14.1. The number of ether oxygens (including phenoxy) is 2. The van der Waals surface area contributed by atoms with Crippen molar-refractivity contribution in [2.75, 3.05) is 40.0 Å². The lowest BCUT2D eigenvalue weighted by molar-refractivity contribution is -0.123. The Kier molecular flexibility index (Phi) is 7.91. The van der Waals surface area contributed by atoms with Crippen molar-refractivity contribution >= 4 is 5.91 Å². The summed E-state index contributed by atoms with van der Waals surface area (Å²) in [6.07, 6.45) is 0. The van der Waals surface area contributed by atoms with E-state index < -0.39 is 0 Å². The fraction of sp³-hybridized carbons (Fsp3) is 0.588. The van der Waals surface area contributed by atoms with E-state index in [-0.39, 0.29) is 17.9 Å². The lowest BCUT2D eigenvalue weighted by atomic mass is 9.86. The number of hydrogen-bond acceptors (Lipinski definition) is 4. The second-order valence-corrected chi connectivity index (χ2v) is 6.13. The SMILES string of the molecule is COCCNCCNC(=O)COc1ccccc1C(C)(C)C. The predicted octanol–water partition coefficient (Wildman–Crippen LogP) is 1.72. The van der Waals surface area contributed by atoms with Crippen LogP contribution in [0.4, 0.5) is 0 Å². The van der Waals surface area contributed by atoms with Crippen molar-refractivity contribution in [1.29, 1.82) is 0 Å². The number of carbonyl (C=O) groups is 1. The van der Waals surface area contributed by atoms with Gasteiger partial charge in [-0.1, -0.05) is 39.0 Å². The molecule has 5 heteroatoms. The van der Waals surface area contributed by atoms with E-state index in [9.17, 15) is 4.79 Å². The Labute approximate surface area is 133 Å². The van der Waals surface area contributed by atoms with E-state index in [1.54, 1.807) is 7.11 Å². The van der Waals surface area contributed by atoms with Crippen LogP contribution in [0.25, 0.3) is 0 Å². The van der Waals surface area contributed by atoms with Gasteiger partial charge in [-0.25, -0.2) is 0 Å². The fourth-order valence-corrected chi connectivity index (χ4v) is 2.00. The number of carbonyl (C=O) groups excluding carboxylic acids is 1. The van der Waals surface area contributed by atoms with E-state index in [0.29, 0.717) is 19.7 Å². The van der Waals surface area contributed by atoms with Gasteiger partial charge in [0.15, 0.2) is 6.61 Å². The Hall–Kier alpha value is -1.59. The molecule has 0 saturated heterocycles. The Morgan fingerprint density at radius 2 is 1.86 bits per heavy atom. The third-order valence-electron chi connectivity index (χ3n) is 3.16. The highest BCUT2D eigenvalue weighted by atomic mass is 16.5. The third kappa shape index (κ3) is 6.91. The molecule has 1 amide bonds. The molecule has 0 bridgehead atoms. The molecule has 0 heterocycles. The van der Waals surface area contributed by atoms with Crippen LogP contribution < -0.4 is 15.4 Å². The molecule has 22 heavy (non-hydrogen) atoms. The number of rotatable bonds is 9. The molecule has 0 saturated carbocycles. The first-order chi connectivity index (χ1) is 10.4. The van der Waals surface area contributed by atoms with Crippen molar-refractivity contribution in [1.82, 2.24) is 10.6 Å². The van der Waals surface area contributed by atoms with Crippen molar-refractivity contribution in [3.8, 4) is 5.75 Å². The third-order valence-corrected chi connectivity index (χ3v) is 3.16. The minimum Gasteiger partial charge on any atom is -0.483 e. The Balaban J connectivity index is 2.33. The molecule has 1 aromatic carbocycles. The molecule has 1 rings (SSSR count). The first-order valence-electron chi connectivity index (χ1n) is 7.64. The van der Waals surface area contributed by atoms with E-state index >= 15 is 0 Å². The summed E-state index contributed by atoms with van der Waals surface area (Å²) in [5, 5.41) is 5.98. The summed E-state index contributed by atoms with van der Waals surface area (Å²) < 4.78 is 10.6. The number of amides is 1. The molecular weight excluding hydrogens is 280 g/mol. The lowest BCUT2D eigenvalue weighted by Crippen LogP contribution is -2.35. The Morgan fingerprint density at radius 1 is 1.14 bits per heavy atom. The molecule has 0 radical (unpaired) electrons. The highest BCUT2D eigenvalue weighted by Crippen LogP contribution is 2.30. The topological polar surface area (TPSA) is 59.6 Å². The fourth-order valence-electron chi connectivity index (χ4n) is 2.00. The number of benzene rings is 1. The van der Waals surface area contributed by atoms with Crippen molar-refractivity contribution in [2.24, 2.45) is 0 Å². The minimum absolute atomic E-state index is 0.0155. The van der Waals surface area contributed by atoms with Crippen molar-refractivity contribution < 1.29 is 14.3 Å². The molecule has 0 aliphatic rings. The van der Waals surface area contributed by atoms with Crippen LogP contribution in [0.2, 0.25) is 0 Å². The summed E-state index contributed by atoms with van der Waals surface area (Å²) in [5.74, 6) is 0.653. The molecule has 0 atom stereocenters. The van der Waals surface area contributed by atoms with E-state index in [0.717, 1.165) is 17.9 Å². The molecular formula is C17H28N2O3. The molecule has 0 aliphatic heterocycles. The van der Waals surface area contributed by atoms with Gasteiger partial charge in [-0.05, 0) is 17.0 Å². The molecule has 0 unspecified atom stereocenters. The molecule has 1 aromatic rings. The van der Waals surface area contributed by atoms with Crippen LogP contribution in [0.5, 0.6) is 5.75 Å². The van der Waals surface area contributed by atoms with Gasteiger partial charge in [-0.2, -0.15) is 0 Å². The van der Waals surface area contributed by atoms with Gasteiger partial charge in [0, 0.05) is 26.7 Å². The number of para-hydroxylation sites is 1. The van der Waals surface area contributed by atoms with Crippen LogP contribution in [-0.4, -0.2) is 45.9 Å².